The lowest BCUT2D eigenvalue weighted by atomic mass is 10.2. The summed E-state index contributed by atoms with van der Waals surface area (Å²) in [5.74, 6) is -0.139. The van der Waals surface area contributed by atoms with Crippen LogP contribution in [0.3, 0.4) is 0 Å². The van der Waals surface area contributed by atoms with Gasteiger partial charge >= 0.3 is 0 Å². The summed E-state index contributed by atoms with van der Waals surface area (Å²) in [6.45, 7) is 1.97. The molecule has 1 nitrogen and oxygen atoms in total. The molecule has 1 aliphatic rings. The molecule has 13 heavy (non-hydrogen) atoms. The molecule has 0 saturated heterocycles. The van der Waals surface area contributed by atoms with E-state index in [0.29, 0.717) is 0 Å². The number of halogens is 2. The molecule has 1 aromatic carbocycles. The Morgan fingerprint density at radius 2 is 2.31 bits per heavy atom. The van der Waals surface area contributed by atoms with E-state index in [2.05, 4.69) is 20.8 Å². The Hall–Kier alpha value is -0.570. The SMILES string of the molecule is Fc1ccc2c(c1)N(CCBr)CC2. The van der Waals surface area contributed by atoms with Crippen LogP contribution in [0.15, 0.2) is 18.2 Å². The molecule has 1 aliphatic heterocycles. The summed E-state index contributed by atoms with van der Waals surface area (Å²) in [6.07, 6.45) is 1.04. The quantitative estimate of drug-likeness (QED) is 0.723. The maximum absolute atomic E-state index is 12.9. The van der Waals surface area contributed by atoms with Gasteiger partial charge in [-0.15, -0.1) is 0 Å². The molecule has 3 heteroatoms. The highest BCUT2D eigenvalue weighted by atomic mass is 79.9. The van der Waals surface area contributed by atoms with E-state index in [0.717, 1.165) is 30.5 Å². The molecular formula is C10H11BrFN. The number of hydrogen-bond acceptors (Lipinski definition) is 1. The van der Waals surface area contributed by atoms with Gasteiger partial charge in [-0.3, -0.25) is 0 Å². The van der Waals surface area contributed by atoms with Gasteiger partial charge in [0.05, 0.1) is 0 Å². The summed E-state index contributed by atoms with van der Waals surface area (Å²) >= 11 is 3.39. The minimum absolute atomic E-state index is 0.139. The minimum atomic E-state index is -0.139. The third-order valence-corrected chi connectivity index (χ3v) is 2.75. The zero-order valence-electron chi connectivity index (χ0n) is 7.26. The van der Waals surface area contributed by atoms with Gasteiger partial charge in [-0.2, -0.15) is 0 Å². The average molecular weight is 244 g/mol. The number of nitrogens with zero attached hydrogens (tertiary/aromatic N) is 1. The summed E-state index contributed by atoms with van der Waals surface area (Å²) in [6, 6.07) is 5.06. The van der Waals surface area contributed by atoms with Crippen molar-refractivity contribution in [3.05, 3.63) is 29.6 Å². The molecule has 0 aromatic heterocycles. The summed E-state index contributed by atoms with van der Waals surface area (Å²) in [7, 11) is 0. The van der Waals surface area contributed by atoms with Crippen molar-refractivity contribution < 1.29 is 4.39 Å². The standard InChI is InChI=1S/C10H11BrFN/c11-4-6-13-5-3-8-1-2-9(12)7-10(8)13/h1-2,7H,3-6H2. The van der Waals surface area contributed by atoms with Crippen LogP contribution in [0.1, 0.15) is 5.56 Å². The van der Waals surface area contributed by atoms with Gasteiger partial charge in [0, 0.05) is 24.1 Å². The van der Waals surface area contributed by atoms with Crippen molar-refractivity contribution in [2.24, 2.45) is 0 Å². The monoisotopic (exact) mass is 243 g/mol. The van der Waals surface area contributed by atoms with Gasteiger partial charge in [0.25, 0.3) is 0 Å². The molecule has 1 heterocycles. The van der Waals surface area contributed by atoms with Crippen molar-refractivity contribution in [1.82, 2.24) is 0 Å². The number of anilines is 1. The minimum Gasteiger partial charge on any atom is -0.370 e. The molecule has 0 N–H and O–H groups in total. The van der Waals surface area contributed by atoms with Gasteiger partial charge in [0.2, 0.25) is 0 Å². The van der Waals surface area contributed by atoms with E-state index in [1.165, 1.54) is 11.6 Å². The van der Waals surface area contributed by atoms with Gasteiger partial charge in [-0.05, 0) is 24.1 Å². The van der Waals surface area contributed by atoms with Crippen LogP contribution in [0.25, 0.3) is 0 Å². The normalized spacial score (nSPS) is 14.8. The lowest BCUT2D eigenvalue weighted by Crippen LogP contribution is -2.22. The summed E-state index contributed by atoms with van der Waals surface area (Å²) in [5.41, 5.74) is 2.34. The van der Waals surface area contributed by atoms with E-state index in [1.807, 2.05) is 6.07 Å². The topological polar surface area (TPSA) is 3.24 Å². The van der Waals surface area contributed by atoms with E-state index in [-0.39, 0.29) is 5.82 Å². The molecule has 0 unspecified atom stereocenters. The van der Waals surface area contributed by atoms with Gasteiger partial charge in [-0.25, -0.2) is 4.39 Å². The van der Waals surface area contributed by atoms with Crippen molar-refractivity contribution >= 4 is 21.6 Å². The third kappa shape index (κ3) is 1.70. The largest absolute Gasteiger partial charge is 0.370 e. The molecule has 0 saturated carbocycles. The Morgan fingerprint density at radius 3 is 3.08 bits per heavy atom. The van der Waals surface area contributed by atoms with E-state index in [4.69, 9.17) is 0 Å². The van der Waals surface area contributed by atoms with Crippen LogP contribution in [0, 0.1) is 5.82 Å². The first kappa shape index (κ1) is 9.00. The fourth-order valence-corrected chi connectivity index (χ4v) is 2.18. The second-order valence-electron chi connectivity index (χ2n) is 3.20. The smallest absolute Gasteiger partial charge is 0.125 e. The van der Waals surface area contributed by atoms with Gasteiger partial charge in [-0.1, -0.05) is 22.0 Å². The molecule has 0 bridgehead atoms. The second-order valence-corrected chi connectivity index (χ2v) is 3.99. The number of benzene rings is 1. The number of hydrogen-bond donors (Lipinski definition) is 0. The van der Waals surface area contributed by atoms with E-state index in [1.54, 1.807) is 6.07 Å². The van der Waals surface area contributed by atoms with Gasteiger partial charge in [0.1, 0.15) is 5.82 Å². The summed E-state index contributed by atoms with van der Waals surface area (Å²) in [5, 5.41) is 0.933. The molecule has 0 amide bonds. The van der Waals surface area contributed by atoms with Crippen LogP contribution >= 0.6 is 15.9 Å². The van der Waals surface area contributed by atoms with Crippen LogP contribution in [0.5, 0.6) is 0 Å². The van der Waals surface area contributed by atoms with Crippen molar-refractivity contribution in [2.45, 2.75) is 6.42 Å². The highest BCUT2D eigenvalue weighted by Crippen LogP contribution is 2.28. The first-order valence-corrected chi connectivity index (χ1v) is 5.53. The Balaban J connectivity index is 2.29. The number of rotatable bonds is 2. The first-order chi connectivity index (χ1) is 6.31. The molecule has 0 atom stereocenters. The van der Waals surface area contributed by atoms with Gasteiger partial charge in [0.15, 0.2) is 0 Å². The molecule has 0 fully saturated rings. The Morgan fingerprint density at radius 1 is 1.46 bits per heavy atom. The molecule has 0 radical (unpaired) electrons. The Labute approximate surface area is 85.7 Å². The highest BCUT2D eigenvalue weighted by molar-refractivity contribution is 9.09. The zero-order valence-corrected chi connectivity index (χ0v) is 8.85. The van der Waals surface area contributed by atoms with Crippen molar-refractivity contribution in [3.63, 3.8) is 0 Å². The van der Waals surface area contributed by atoms with Crippen LogP contribution in [-0.4, -0.2) is 18.4 Å². The van der Waals surface area contributed by atoms with Crippen molar-refractivity contribution in [1.29, 1.82) is 0 Å². The van der Waals surface area contributed by atoms with Crippen LogP contribution < -0.4 is 4.90 Å². The first-order valence-electron chi connectivity index (χ1n) is 4.40. The van der Waals surface area contributed by atoms with Crippen LogP contribution in [0.4, 0.5) is 10.1 Å². The molecule has 0 aliphatic carbocycles. The highest BCUT2D eigenvalue weighted by Gasteiger charge is 2.18. The van der Waals surface area contributed by atoms with E-state index < -0.39 is 0 Å². The predicted molar refractivity (Wildman–Crippen MR) is 56.1 cm³/mol. The molecular weight excluding hydrogens is 233 g/mol. The maximum Gasteiger partial charge on any atom is 0.125 e. The van der Waals surface area contributed by atoms with Crippen molar-refractivity contribution in [2.75, 3.05) is 23.3 Å². The predicted octanol–water partition coefficient (Wildman–Crippen LogP) is 2.58. The number of alkyl halides is 1. The number of fused-ring (bicyclic) bond motifs is 1. The van der Waals surface area contributed by atoms with Crippen LogP contribution in [0.2, 0.25) is 0 Å². The molecule has 0 spiro atoms. The Kier molecular flexibility index (Phi) is 2.54. The summed E-state index contributed by atoms with van der Waals surface area (Å²) < 4.78 is 12.9. The van der Waals surface area contributed by atoms with Gasteiger partial charge < -0.3 is 4.90 Å². The lowest BCUT2D eigenvalue weighted by molar-refractivity contribution is 0.627. The molecule has 70 valence electrons. The van der Waals surface area contributed by atoms with Crippen LogP contribution in [-0.2, 0) is 6.42 Å². The molecule has 1 aromatic rings. The maximum atomic E-state index is 12.9. The fourth-order valence-electron chi connectivity index (χ4n) is 1.75. The van der Waals surface area contributed by atoms with E-state index >= 15 is 0 Å². The Bertz CT molecular complexity index is 312. The second kappa shape index (κ2) is 3.66. The third-order valence-electron chi connectivity index (χ3n) is 2.39. The fraction of sp³-hybridized carbons (Fsp3) is 0.400. The van der Waals surface area contributed by atoms with E-state index in [9.17, 15) is 4.39 Å². The lowest BCUT2D eigenvalue weighted by Gasteiger charge is -2.17. The summed E-state index contributed by atoms with van der Waals surface area (Å²) in [4.78, 5) is 2.22. The average Bonchev–Trinajstić information content (AvgIpc) is 2.49. The zero-order chi connectivity index (χ0) is 9.26. The van der Waals surface area contributed by atoms with Crippen molar-refractivity contribution in [3.8, 4) is 0 Å². The molecule has 2 rings (SSSR count).